The van der Waals surface area contributed by atoms with Crippen LogP contribution < -0.4 is 11.1 Å². The number of nitrogens with one attached hydrogen (secondary N) is 1. The van der Waals surface area contributed by atoms with Gasteiger partial charge in [-0.05, 0) is 65.0 Å². The van der Waals surface area contributed by atoms with Crippen LogP contribution in [0, 0.1) is 0 Å². The lowest BCUT2D eigenvalue weighted by atomic mass is 9.94. The van der Waals surface area contributed by atoms with E-state index in [9.17, 15) is 0 Å². The Hall–Kier alpha value is -1.20. The van der Waals surface area contributed by atoms with Gasteiger partial charge < -0.3 is 16.0 Å². The number of hydrogen-bond acceptors (Lipinski definition) is 5. The molecule has 0 bridgehead atoms. The molecular weight excluding hydrogens is 238 g/mol. The molecule has 3 N–H and O–H groups in total. The fourth-order valence-corrected chi connectivity index (χ4v) is 2.52. The minimum Gasteiger partial charge on any atom is -0.366 e. The van der Waals surface area contributed by atoms with Crippen LogP contribution in [0.15, 0.2) is 12.1 Å². The van der Waals surface area contributed by atoms with E-state index in [1.807, 2.05) is 6.07 Å². The zero-order valence-corrected chi connectivity index (χ0v) is 12.0. The third-order valence-corrected chi connectivity index (χ3v) is 3.82. The monoisotopic (exact) mass is 263 g/mol. The molecule has 1 fully saturated rings. The highest BCUT2D eigenvalue weighted by Crippen LogP contribution is 2.25. The number of hydrogen-bond donors (Lipinski definition) is 2. The third-order valence-electron chi connectivity index (χ3n) is 3.82. The van der Waals surface area contributed by atoms with Crippen LogP contribution in [0.1, 0.15) is 37.8 Å². The van der Waals surface area contributed by atoms with E-state index in [0.29, 0.717) is 18.5 Å². The Labute approximate surface area is 115 Å². The van der Waals surface area contributed by atoms with Crippen molar-refractivity contribution in [3.63, 3.8) is 0 Å². The largest absolute Gasteiger partial charge is 0.366 e. The van der Waals surface area contributed by atoms with E-state index in [-0.39, 0.29) is 0 Å². The number of nitrogens with two attached hydrogens (primary N) is 1. The van der Waals surface area contributed by atoms with Crippen LogP contribution in [0.25, 0.3) is 0 Å². The van der Waals surface area contributed by atoms with Gasteiger partial charge in [0.15, 0.2) is 0 Å². The topological polar surface area (TPSA) is 67.1 Å². The zero-order valence-electron chi connectivity index (χ0n) is 12.0. The Bertz CT molecular complexity index is 370. The summed E-state index contributed by atoms with van der Waals surface area (Å²) in [6.07, 6.45) is 3.31. The van der Waals surface area contributed by atoms with Gasteiger partial charge >= 0.3 is 0 Å². The van der Waals surface area contributed by atoms with Gasteiger partial charge in [0.2, 0.25) is 0 Å². The second kappa shape index (κ2) is 6.82. The summed E-state index contributed by atoms with van der Waals surface area (Å²) < 4.78 is 0. The van der Waals surface area contributed by atoms with Crippen molar-refractivity contribution in [2.45, 2.75) is 38.1 Å². The predicted octanol–water partition coefficient (Wildman–Crippen LogP) is 1.43. The van der Waals surface area contributed by atoms with E-state index in [0.717, 1.165) is 31.0 Å². The number of anilines is 1. The van der Waals surface area contributed by atoms with Crippen LogP contribution in [0.3, 0.4) is 0 Å². The van der Waals surface area contributed by atoms with Crippen LogP contribution >= 0.6 is 0 Å². The molecule has 5 heteroatoms. The summed E-state index contributed by atoms with van der Waals surface area (Å²) in [4.78, 5) is 2.37. The van der Waals surface area contributed by atoms with Gasteiger partial charge in [-0.25, -0.2) is 0 Å². The van der Waals surface area contributed by atoms with Crippen molar-refractivity contribution in [1.29, 1.82) is 0 Å². The highest BCUT2D eigenvalue weighted by molar-refractivity contribution is 5.34. The molecule has 0 aromatic carbocycles. The summed E-state index contributed by atoms with van der Waals surface area (Å²) in [5, 5.41) is 12.0. The summed E-state index contributed by atoms with van der Waals surface area (Å²) >= 11 is 0. The van der Waals surface area contributed by atoms with Gasteiger partial charge in [0.1, 0.15) is 5.82 Å². The Kier molecular flexibility index (Phi) is 5.10. The van der Waals surface area contributed by atoms with Gasteiger partial charge in [0.05, 0.1) is 5.69 Å². The first-order valence-electron chi connectivity index (χ1n) is 7.18. The second-order valence-electron chi connectivity index (χ2n) is 5.54. The van der Waals surface area contributed by atoms with Crippen LogP contribution in [0.2, 0.25) is 0 Å². The molecular formula is C14H25N5. The lowest BCUT2D eigenvalue weighted by Crippen LogP contribution is -2.29. The highest BCUT2D eigenvalue weighted by atomic mass is 15.2. The van der Waals surface area contributed by atoms with Crippen LogP contribution in [-0.4, -0.2) is 47.8 Å². The summed E-state index contributed by atoms with van der Waals surface area (Å²) in [6, 6.07) is 4.49. The molecule has 5 nitrogen and oxygen atoms in total. The minimum absolute atomic E-state index is 0.341. The second-order valence-corrected chi connectivity index (χ2v) is 5.54. The molecule has 1 aromatic heterocycles. The maximum atomic E-state index is 5.54. The first-order chi connectivity index (χ1) is 9.19. The lowest BCUT2D eigenvalue weighted by molar-refractivity contribution is 0.253. The van der Waals surface area contributed by atoms with E-state index < -0.39 is 0 Å². The Morgan fingerprint density at radius 2 is 2.11 bits per heavy atom. The molecule has 1 aliphatic heterocycles. The van der Waals surface area contributed by atoms with Crippen LogP contribution in [-0.2, 0) is 0 Å². The average molecular weight is 263 g/mol. The molecule has 1 aromatic rings. The molecule has 106 valence electrons. The number of nitrogens with zero attached hydrogens (tertiary/aromatic N) is 3. The van der Waals surface area contributed by atoms with E-state index >= 15 is 0 Å². The van der Waals surface area contributed by atoms with Gasteiger partial charge in [-0.2, -0.15) is 5.10 Å². The van der Waals surface area contributed by atoms with Crippen LogP contribution in [0.4, 0.5) is 5.82 Å². The molecule has 0 saturated carbocycles. The van der Waals surface area contributed by atoms with Crippen molar-refractivity contribution < 1.29 is 0 Å². The SMILES string of the molecule is CC(CCN)Nc1ccc(C2CCN(C)CC2)nn1. The Morgan fingerprint density at radius 1 is 1.37 bits per heavy atom. The Balaban J connectivity index is 1.91. The van der Waals surface area contributed by atoms with Crippen molar-refractivity contribution in [1.82, 2.24) is 15.1 Å². The first-order valence-corrected chi connectivity index (χ1v) is 7.18. The smallest absolute Gasteiger partial charge is 0.148 e. The Morgan fingerprint density at radius 3 is 2.68 bits per heavy atom. The van der Waals surface area contributed by atoms with Crippen molar-refractivity contribution in [2.75, 3.05) is 32.0 Å². The molecule has 0 aliphatic carbocycles. The molecule has 1 atom stereocenters. The van der Waals surface area contributed by atoms with Crippen LogP contribution in [0.5, 0.6) is 0 Å². The molecule has 19 heavy (non-hydrogen) atoms. The fraction of sp³-hybridized carbons (Fsp3) is 0.714. The molecule has 0 amide bonds. The molecule has 1 aliphatic rings. The van der Waals surface area contributed by atoms with E-state index in [1.165, 1.54) is 12.8 Å². The highest BCUT2D eigenvalue weighted by Gasteiger charge is 2.19. The van der Waals surface area contributed by atoms with E-state index in [2.05, 4.69) is 40.5 Å². The number of piperidine rings is 1. The van der Waals surface area contributed by atoms with Crippen molar-refractivity contribution in [2.24, 2.45) is 5.73 Å². The first kappa shape index (κ1) is 14.2. The number of rotatable bonds is 5. The molecule has 2 rings (SSSR count). The minimum atomic E-state index is 0.341. The molecule has 0 spiro atoms. The van der Waals surface area contributed by atoms with Gasteiger partial charge in [-0.15, -0.1) is 5.10 Å². The summed E-state index contributed by atoms with van der Waals surface area (Å²) in [6.45, 7) is 5.11. The number of likely N-dealkylation sites (tertiary alicyclic amines) is 1. The molecule has 1 saturated heterocycles. The summed E-state index contributed by atoms with van der Waals surface area (Å²) in [5.74, 6) is 1.41. The zero-order chi connectivity index (χ0) is 13.7. The lowest BCUT2D eigenvalue weighted by Gasteiger charge is -2.28. The van der Waals surface area contributed by atoms with Crippen molar-refractivity contribution >= 4 is 5.82 Å². The molecule has 0 radical (unpaired) electrons. The standard InChI is InChI=1S/C14H25N5/c1-11(5-8-15)16-14-4-3-13(17-18-14)12-6-9-19(2)10-7-12/h3-4,11-12H,5-10,15H2,1-2H3,(H,16,18). The van der Waals surface area contributed by atoms with Gasteiger partial charge in [-0.3, -0.25) is 0 Å². The maximum absolute atomic E-state index is 5.54. The predicted molar refractivity (Wildman–Crippen MR) is 78.3 cm³/mol. The quantitative estimate of drug-likeness (QED) is 0.841. The van der Waals surface area contributed by atoms with Crippen molar-refractivity contribution in [3.05, 3.63) is 17.8 Å². The number of aromatic nitrogens is 2. The third kappa shape index (κ3) is 4.14. The van der Waals surface area contributed by atoms with E-state index in [4.69, 9.17) is 5.73 Å². The molecule has 2 heterocycles. The summed E-state index contributed by atoms with van der Waals surface area (Å²) in [5.41, 5.74) is 6.67. The van der Waals surface area contributed by atoms with E-state index in [1.54, 1.807) is 0 Å². The van der Waals surface area contributed by atoms with Gasteiger partial charge in [0.25, 0.3) is 0 Å². The van der Waals surface area contributed by atoms with Crippen molar-refractivity contribution in [3.8, 4) is 0 Å². The summed E-state index contributed by atoms with van der Waals surface area (Å²) in [7, 11) is 2.17. The average Bonchev–Trinajstić information content (AvgIpc) is 2.41. The van der Waals surface area contributed by atoms with Gasteiger partial charge in [-0.1, -0.05) is 0 Å². The van der Waals surface area contributed by atoms with Gasteiger partial charge in [0, 0.05) is 12.0 Å². The normalized spacial score (nSPS) is 19.3. The molecule has 1 unspecified atom stereocenters. The fourth-order valence-electron chi connectivity index (χ4n) is 2.52. The maximum Gasteiger partial charge on any atom is 0.148 e.